The van der Waals surface area contributed by atoms with Crippen molar-refractivity contribution in [3.8, 4) is 5.75 Å². The maximum atomic E-state index is 12.1. The van der Waals surface area contributed by atoms with Gasteiger partial charge >= 0.3 is 0 Å². The maximum Gasteiger partial charge on any atom is 0.158 e. The number of methoxy groups -OCH3 is 1. The van der Waals surface area contributed by atoms with E-state index in [0.29, 0.717) is 0 Å². The van der Waals surface area contributed by atoms with E-state index in [0.717, 1.165) is 16.9 Å². The van der Waals surface area contributed by atoms with Crippen molar-refractivity contribution in [1.82, 2.24) is 9.78 Å². The van der Waals surface area contributed by atoms with E-state index >= 15 is 0 Å². The monoisotopic (exact) mass is 259 g/mol. The van der Waals surface area contributed by atoms with Crippen LogP contribution < -0.4 is 10.5 Å². The third kappa shape index (κ3) is 3.20. The predicted octanol–water partition coefficient (Wildman–Crippen LogP) is 1.24. The number of benzene rings is 1. The number of nitrogens with two attached hydrogens (primary N) is 1. The molecule has 1 aromatic heterocycles. The van der Waals surface area contributed by atoms with Crippen molar-refractivity contribution < 1.29 is 9.53 Å². The summed E-state index contributed by atoms with van der Waals surface area (Å²) < 4.78 is 6.76. The third-order valence-corrected chi connectivity index (χ3v) is 2.94. The topological polar surface area (TPSA) is 70.1 Å². The fourth-order valence-corrected chi connectivity index (χ4v) is 1.88. The quantitative estimate of drug-likeness (QED) is 0.877. The number of rotatable bonds is 5. The second-order valence-electron chi connectivity index (χ2n) is 4.42. The molecule has 100 valence electrons. The van der Waals surface area contributed by atoms with E-state index in [4.69, 9.17) is 10.5 Å². The van der Waals surface area contributed by atoms with Crippen LogP contribution in [0.3, 0.4) is 0 Å². The second kappa shape index (κ2) is 5.67. The lowest BCUT2D eigenvalue weighted by atomic mass is 10.0. The van der Waals surface area contributed by atoms with Crippen LogP contribution in [0.4, 0.5) is 0 Å². The molecule has 2 aromatic rings. The van der Waals surface area contributed by atoms with Crippen LogP contribution in [0.25, 0.3) is 0 Å². The molecule has 0 aliphatic carbocycles. The van der Waals surface area contributed by atoms with Gasteiger partial charge in [0.25, 0.3) is 0 Å². The average molecular weight is 259 g/mol. The molecule has 0 fully saturated rings. The van der Waals surface area contributed by atoms with Gasteiger partial charge in [-0.3, -0.25) is 9.48 Å². The smallest absolute Gasteiger partial charge is 0.158 e. The van der Waals surface area contributed by atoms with E-state index in [-0.39, 0.29) is 12.2 Å². The molecule has 0 amide bonds. The fourth-order valence-electron chi connectivity index (χ4n) is 1.88. The van der Waals surface area contributed by atoms with Crippen LogP contribution in [-0.2, 0) is 18.3 Å². The van der Waals surface area contributed by atoms with Crippen LogP contribution in [0.15, 0.2) is 36.7 Å². The number of Topliss-reactive ketones (excluding diaryl/α,β-unsaturated/α-hetero) is 1. The minimum Gasteiger partial charge on any atom is -0.497 e. The van der Waals surface area contributed by atoms with Crippen LogP contribution in [0.5, 0.6) is 5.75 Å². The van der Waals surface area contributed by atoms with E-state index in [1.165, 1.54) is 0 Å². The van der Waals surface area contributed by atoms with Gasteiger partial charge in [-0.25, -0.2) is 0 Å². The number of nitrogens with zero attached hydrogens (tertiary/aromatic N) is 2. The largest absolute Gasteiger partial charge is 0.497 e. The Morgan fingerprint density at radius 2 is 2.32 bits per heavy atom. The predicted molar refractivity (Wildman–Crippen MR) is 71.8 cm³/mol. The Bertz CT molecular complexity index is 578. The zero-order valence-electron chi connectivity index (χ0n) is 11.0. The Hall–Kier alpha value is -2.14. The molecule has 0 aliphatic heterocycles. The summed E-state index contributed by atoms with van der Waals surface area (Å²) >= 11 is 0. The van der Waals surface area contributed by atoms with Crippen LogP contribution in [0, 0.1) is 0 Å². The summed E-state index contributed by atoms with van der Waals surface area (Å²) in [4.78, 5) is 12.1. The first-order chi connectivity index (χ1) is 9.10. The van der Waals surface area contributed by atoms with Gasteiger partial charge < -0.3 is 10.5 Å². The zero-order valence-corrected chi connectivity index (χ0v) is 11.0. The standard InChI is InChI=1S/C14H17N3O2/c1-17-9-11(8-16-17)14(15)13(18)7-10-4-3-5-12(6-10)19-2/h3-6,8-9,14H,7,15H2,1-2H3. The van der Waals surface area contributed by atoms with E-state index < -0.39 is 6.04 Å². The fraction of sp³-hybridized carbons (Fsp3) is 0.286. The van der Waals surface area contributed by atoms with Gasteiger partial charge in [-0.15, -0.1) is 0 Å². The number of hydrogen-bond acceptors (Lipinski definition) is 4. The molecule has 0 aliphatic rings. The van der Waals surface area contributed by atoms with E-state index in [1.807, 2.05) is 24.3 Å². The van der Waals surface area contributed by atoms with Crippen LogP contribution in [0.2, 0.25) is 0 Å². The van der Waals surface area contributed by atoms with Crippen molar-refractivity contribution >= 4 is 5.78 Å². The van der Waals surface area contributed by atoms with E-state index in [9.17, 15) is 4.79 Å². The van der Waals surface area contributed by atoms with Gasteiger partial charge in [-0.2, -0.15) is 5.10 Å². The molecule has 5 heteroatoms. The first-order valence-electron chi connectivity index (χ1n) is 6.00. The van der Waals surface area contributed by atoms with Crippen molar-refractivity contribution in [3.05, 3.63) is 47.8 Å². The highest BCUT2D eigenvalue weighted by Gasteiger charge is 2.17. The number of hydrogen-bond donors (Lipinski definition) is 1. The number of carbonyl (C=O) groups is 1. The average Bonchev–Trinajstić information content (AvgIpc) is 2.84. The highest BCUT2D eigenvalue weighted by molar-refractivity contribution is 5.87. The van der Waals surface area contributed by atoms with E-state index in [2.05, 4.69) is 5.10 Å². The summed E-state index contributed by atoms with van der Waals surface area (Å²) in [6, 6.07) is 6.79. The summed E-state index contributed by atoms with van der Waals surface area (Å²) in [5.74, 6) is 0.696. The Morgan fingerprint density at radius 3 is 2.95 bits per heavy atom. The summed E-state index contributed by atoms with van der Waals surface area (Å²) in [6.45, 7) is 0. The molecule has 2 N–H and O–H groups in total. The van der Waals surface area contributed by atoms with Gasteiger partial charge in [0.15, 0.2) is 5.78 Å². The van der Waals surface area contributed by atoms with Gasteiger partial charge in [0.05, 0.1) is 19.3 Å². The molecule has 1 atom stereocenters. The molecule has 0 saturated heterocycles. The summed E-state index contributed by atoms with van der Waals surface area (Å²) in [5.41, 5.74) is 7.56. The first kappa shape index (κ1) is 13.3. The number of aryl methyl sites for hydroxylation is 1. The van der Waals surface area contributed by atoms with Crippen LogP contribution in [0.1, 0.15) is 17.2 Å². The molecule has 1 aromatic carbocycles. The minimum atomic E-state index is -0.639. The molecule has 5 nitrogen and oxygen atoms in total. The van der Waals surface area contributed by atoms with Crippen molar-refractivity contribution in [2.45, 2.75) is 12.5 Å². The van der Waals surface area contributed by atoms with Crippen molar-refractivity contribution in [2.24, 2.45) is 12.8 Å². The molecular weight excluding hydrogens is 242 g/mol. The maximum absolute atomic E-state index is 12.1. The molecular formula is C14H17N3O2. The summed E-state index contributed by atoms with van der Waals surface area (Å²) in [6.07, 6.45) is 3.66. The Kier molecular flexibility index (Phi) is 3.97. The zero-order chi connectivity index (χ0) is 13.8. The van der Waals surface area contributed by atoms with Gasteiger partial charge in [0.1, 0.15) is 5.75 Å². The van der Waals surface area contributed by atoms with Gasteiger partial charge in [0, 0.05) is 25.2 Å². The lowest BCUT2D eigenvalue weighted by Gasteiger charge is -2.09. The molecule has 2 rings (SSSR count). The second-order valence-corrected chi connectivity index (χ2v) is 4.42. The molecule has 1 heterocycles. The Balaban J connectivity index is 2.08. The lowest BCUT2D eigenvalue weighted by Crippen LogP contribution is -2.22. The van der Waals surface area contributed by atoms with Crippen LogP contribution in [-0.4, -0.2) is 22.7 Å². The Morgan fingerprint density at radius 1 is 1.53 bits per heavy atom. The number of ether oxygens (including phenoxy) is 1. The molecule has 0 saturated carbocycles. The number of aromatic nitrogens is 2. The number of ketones is 1. The Labute approximate surface area is 112 Å². The van der Waals surface area contributed by atoms with Crippen molar-refractivity contribution in [1.29, 1.82) is 0 Å². The van der Waals surface area contributed by atoms with Crippen LogP contribution >= 0.6 is 0 Å². The van der Waals surface area contributed by atoms with Crippen molar-refractivity contribution in [2.75, 3.05) is 7.11 Å². The van der Waals surface area contributed by atoms with Gasteiger partial charge in [0.2, 0.25) is 0 Å². The minimum absolute atomic E-state index is 0.0405. The van der Waals surface area contributed by atoms with E-state index in [1.54, 1.807) is 31.2 Å². The highest BCUT2D eigenvalue weighted by atomic mass is 16.5. The highest BCUT2D eigenvalue weighted by Crippen LogP contribution is 2.16. The normalized spacial score (nSPS) is 12.2. The van der Waals surface area contributed by atoms with Gasteiger partial charge in [-0.1, -0.05) is 12.1 Å². The molecule has 0 radical (unpaired) electrons. The van der Waals surface area contributed by atoms with Crippen molar-refractivity contribution in [3.63, 3.8) is 0 Å². The third-order valence-electron chi connectivity index (χ3n) is 2.94. The SMILES string of the molecule is COc1cccc(CC(=O)C(N)c2cnn(C)c2)c1. The molecule has 1 unspecified atom stereocenters. The molecule has 0 spiro atoms. The molecule has 19 heavy (non-hydrogen) atoms. The van der Waals surface area contributed by atoms with Gasteiger partial charge in [-0.05, 0) is 17.7 Å². The number of carbonyl (C=O) groups excluding carboxylic acids is 1. The first-order valence-corrected chi connectivity index (χ1v) is 6.00. The molecule has 0 bridgehead atoms. The summed E-state index contributed by atoms with van der Waals surface area (Å²) in [5, 5.41) is 4.02. The lowest BCUT2D eigenvalue weighted by molar-refractivity contribution is -0.119. The summed E-state index contributed by atoms with van der Waals surface area (Å²) in [7, 11) is 3.39.